The smallest absolute Gasteiger partial charge is 0.243 e. The number of nitrogens with zero attached hydrogens (tertiary/aromatic N) is 4. The maximum Gasteiger partial charge on any atom is 0.243 e. The zero-order valence-electron chi connectivity index (χ0n) is 70.9. The number of hydrogen-bond donors (Lipinski definition) is 7. The molecular formula is C94H129N10O13+. The predicted octanol–water partition coefficient (Wildman–Crippen LogP) is 12.0. The van der Waals surface area contributed by atoms with Crippen molar-refractivity contribution in [3.63, 3.8) is 0 Å². The van der Waals surface area contributed by atoms with Gasteiger partial charge in [-0.25, -0.2) is 0 Å². The van der Waals surface area contributed by atoms with Crippen molar-refractivity contribution < 1.29 is 66.9 Å². The predicted molar refractivity (Wildman–Crippen MR) is 463 cm³/mol. The van der Waals surface area contributed by atoms with Crippen LogP contribution in [0.15, 0.2) is 145 Å². The van der Waals surface area contributed by atoms with Gasteiger partial charge >= 0.3 is 0 Å². The van der Waals surface area contributed by atoms with E-state index >= 15 is 0 Å². The third kappa shape index (κ3) is 25.9. The minimum Gasteiger partial charge on any atom is -0.508 e. The molecule has 8 N–H and O–H groups in total. The number of fused-ring (bicyclic) bond motifs is 7. The van der Waals surface area contributed by atoms with Crippen LogP contribution in [0.4, 0.5) is 11.4 Å². The van der Waals surface area contributed by atoms with E-state index in [9.17, 15) is 38.7 Å². The van der Waals surface area contributed by atoms with Gasteiger partial charge in [-0.3, -0.25) is 38.5 Å². The molecule has 0 bridgehead atoms. The number of nitrogens with one attached hydrogen (secondary N) is 5. The molecule has 23 heteroatoms. The lowest BCUT2D eigenvalue weighted by atomic mass is 9.79. The molecule has 0 spiro atoms. The summed E-state index contributed by atoms with van der Waals surface area (Å²) in [6.45, 7) is 21.0. The number of carbonyl (C=O) groups excluding carboxylic acids is 7. The topological polar surface area (TPSA) is 285 Å². The quantitative estimate of drug-likeness (QED) is 0.0106. The number of aryl methyl sites for hydroxylation is 2. The molecular weight excluding hydrogens is 1480 g/mol. The number of amides is 7. The minimum absolute atomic E-state index is 0.000608. The van der Waals surface area contributed by atoms with E-state index in [1.54, 1.807) is 17.0 Å². The Balaban J connectivity index is 0.750. The SMILES string of the molecule is CCCCCNC(=O)CCOCCOCCOCCOCCOCCC(=O)NCCCCC(NC(=O)CCCCCN1C(=CC=CC=CC2=[N+](C)c3ccc4ccccc4c3C2(C)C)C(C)(C)c2c1ccc1ccccc21)C(=O)NCCCCC(NC(=O)[C@@H]1Cc2ccccc2CN1C(=O)[C@H](Cc1c(C)cc(O)cc1C)N(C)C)C(N)=O. The first kappa shape index (κ1) is 91.3. The van der Waals surface area contributed by atoms with E-state index in [0.717, 1.165) is 66.5 Å². The number of nitrogens with two attached hydrogens (primary N) is 1. The van der Waals surface area contributed by atoms with Gasteiger partial charge in [0.2, 0.25) is 47.0 Å². The van der Waals surface area contributed by atoms with Crippen LogP contribution in [0.25, 0.3) is 21.5 Å². The Bertz CT molecular complexity index is 4450. The number of benzene rings is 6. The van der Waals surface area contributed by atoms with Gasteiger partial charge in [0.25, 0.3) is 0 Å². The number of likely N-dealkylation sites (N-methyl/N-ethyl adjacent to an activating group) is 1. The van der Waals surface area contributed by atoms with Gasteiger partial charge in [0.1, 0.15) is 30.9 Å². The van der Waals surface area contributed by atoms with Crippen molar-refractivity contribution in [3.8, 4) is 5.75 Å². The molecule has 9 rings (SSSR count). The van der Waals surface area contributed by atoms with Gasteiger partial charge in [0, 0.05) is 92.9 Å². The van der Waals surface area contributed by atoms with Gasteiger partial charge < -0.3 is 70.9 Å². The molecule has 0 aliphatic carbocycles. The zero-order chi connectivity index (χ0) is 83.9. The summed E-state index contributed by atoms with van der Waals surface area (Å²) in [5.74, 6) is -2.10. The maximum atomic E-state index is 14.8. The highest BCUT2D eigenvalue weighted by molar-refractivity contribution is 6.08. The molecule has 632 valence electrons. The van der Waals surface area contributed by atoms with Crippen LogP contribution in [0.5, 0.6) is 5.75 Å². The maximum absolute atomic E-state index is 14.8. The molecule has 117 heavy (non-hydrogen) atoms. The van der Waals surface area contributed by atoms with Crippen LogP contribution >= 0.6 is 0 Å². The number of rotatable bonds is 50. The summed E-state index contributed by atoms with van der Waals surface area (Å²) >= 11 is 0. The van der Waals surface area contributed by atoms with Crippen molar-refractivity contribution in [2.24, 2.45) is 5.73 Å². The van der Waals surface area contributed by atoms with E-state index in [1.807, 2.05) is 57.1 Å². The van der Waals surface area contributed by atoms with E-state index in [4.69, 9.17) is 29.4 Å². The number of unbranched alkanes of at least 4 members (excludes halogenated alkanes) is 6. The van der Waals surface area contributed by atoms with E-state index in [-0.39, 0.29) is 91.5 Å². The molecule has 2 unspecified atom stereocenters. The number of aromatic hydroxyl groups is 1. The van der Waals surface area contributed by atoms with Crippen molar-refractivity contribution >= 4 is 80.0 Å². The van der Waals surface area contributed by atoms with Crippen LogP contribution in [0.2, 0.25) is 0 Å². The number of phenolic OH excluding ortho intramolecular Hbond substituents is 1. The van der Waals surface area contributed by atoms with Crippen LogP contribution < -0.4 is 37.2 Å². The molecule has 3 aliphatic heterocycles. The Hall–Kier alpha value is -9.62. The molecule has 23 nitrogen and oxygen atoms in total. The van der Waals surface area contributed by atoms with Gasteiger partial charge in [-0.2, -0.15) is 4.58 Å². The standard InChI is InChI=1S/C94H128N10O13/c1-11-12-26-47-96-84(106)45-51-113-53-55-115-57-59-117-60-58-116-56-54-114-52-46-85(107)97-48-27-25-37-77(90(110)98-49-28-24-36-76(89(95)109)100-91(111)80-63-70-32-18-19-33-71(70)65-104(80)92(112)81(101(8)9)64-75-66(2)61-72(105)62-67(75)3)99-86(108)40-17-14-29-50-103-79-44-42-69-31-21-23-35-74(69)88(79)94(6,7)83(103)39-16-13-15-38-82-93(4,5)87-73-34-22-20-30-68(73)41-43-78(87)102(82)10/h13,15-16,18-23,30-35,38-39,41-44,61-62,76-77,80-81H,11-12,14,17,24-29,36-37,40,45-60,63-65H2,1-10H3,(H7-,95,96,97,98,99,100,105,106,107,108,109,110,111)/p+1/t76?,77?,80-,81-/m0/s1. The second-order valence-corrected chi connectivity index (χ2v) is 32.3. The second kappa shape index (κ2) is 45.9. The van der Waals surface area contributed by atoms with E-state index in [0.29, 0.717) is 124 Å². The lowest BCUT2D eigenvalue weighted by molar-refractivity contribution is -0.401. The summed E-state index contributed by atoms with van der Waals surface area (Å²) in [6.07, 6.45) is 20.0. The molecule has 0 saturated carbocycles. The molecule has 4 atom stereocenters. The lowest BCUT2D eigenvalue weighted by Gasteiger charge is -2.39. The first-order valence-corrected chi connectivity index (χ1v) is 42.3. The van der Waals surface area contributed by atoms with Crippen molar-refractivity contribution in [1.82, 2.24) is 36.4 Å². The highest BCUT2D eigenvalue weighted by Crippen LogP contribution is 2.51. The number of primary amides is 1. The first-order valence-electron chi connectivity index (χ1n) is 42.3. The fourth-order valence-electron chi connectivity index (χ4n) is 16.4. The summed E-state index contributed by atoms with van der Waals surface area (Å²) in [7, 11) is 5.81. The van der Waals surface area contributed by atoms with Crippen LogP contribution in [-0.4, -0.2) is 204 Å². The number of hydrogen-bond acceptors (Lipinski definition) is 15. The van der Waals surface area contributed by atoms with E-state index in [2.05, 4.69) is 181 Å². The summed E-state index contributed by atoms with van der Waals surface area (Å²) in [5, 5.41) is 30.0. The molecule has 0 fully saturated rings. The molecule has 0 radical (unpaired) electrons. The Labute approximate surface area is 692 Å². The largest absolute Gasteiger partial charge is 0.508 e. The molecule has 6 aromatic carbocycles. The second-order valence-electron chi connectivity index (χ2n) is 32.3. The average molecular weight is 1610 g/mol. The summed E-state index contributed by atoms with van der Waals surface area (Å²) in [6, 6.07) is 33.6. The Morgan fingerprint density at radius 1 is 0.590 bits per heavy atom. The van der Waals surface area contributed by atoms with E-state index in [1.165, 1.54) is 55.5 Å². The van der Waals surface area contributed by atoms with Gasteiger partial charge in [-0.15, -0.1) is 0 Å². The first-order chi connectivity index (χ1) is 56.4. The zero-order valence-corrected chi connectivity index (χ0v) is 70.9. The Kier molecular flexibility index (Phi) is 35.8. The number of carbonyl (C=O) groups is 7. The summed E-state index contributed by atoms with van der Waals surface area (Å²) in [5.41, 5.74) is 17.4. The normalized spacial score (nSPS) is 15.9. The highest BCUT2D eigenvalue weighted by Gasteiger charge is 2.45. The van der Waals surface area contributed by atoms with Crippen LogP contribution in [-0.2, 0) is 87.5 Å². The monoisotopic (exact) mass is 1610 g/mol. The number of ether oxygens (including phenoxy) is 5. The lowest BCUT2D eigenvalue weighted by Crippen LogP contribution is -2.59. The number of anilines is 1. The van der Waals surface area contributed by atoms with Crippen molar-refractivity contribution in [1.29, 1.82) is 0 Å². The summed E-state index contributed by atoms with van der Waals surface area (Å²) in [4.78, 5) is 101. The molecule has 7 amide bonds. The Morgan fingerprint density at radius 2 is 1.14 bits per heavy atom. The van der Waals surface area contributed by atoms with Crippen LogP contribution in [0, 0.1) is 13.8 Å². The average Bonchev–Trinajstić information content (AvgIpc) is 1.58. The minimum atomic E-state index is -1.06. The fraction of sp³-hybridized carbons (Fsp3) is 0.511. The highest BCUT2D eigenvalue weighted by atomic mass is 16.6. The Morgan fingerprint density at radius 3 is 1.74 bits per heavy atom. The van der Waals surface area contributed by atoms with Gasteiger partial charge in [0.05, 0.1) is 77.5 Å². The van der Waals surface area contributed by atoms with Gasteiger partial charge in [-0.05, 0) is 191 Å². The van der Waals surface area contributed by atoms with Crippen molar-refractivity contribution in [2.45, 2.75) is 199 Å². The molecule has 3 aliphatic rings. The van der Waals surface area contributed by atoms with Crippen LogP contribution in [0.1, 0.15) is 170 Å². The van der Waals surface area contributed by atoms with E-state index < -0.39 is 36.0 Å². The third-order valence-electron chi connectivity index (χ3n) is 22.8. The third-order valence-corrected chi connectivity index (χ3v) is 22.8. The van der Waals surface area contributed by atoms with Gasteiger partial charge in [-0.1, -0.05) is 137 Å². The van der Waals surface area contributed by atoms with Crippen molar-refractivity contribution in [3.05, 3.63) is 184 Å². The van der Waals surface area contributed by atoms with Crippen molar-refractivity contribution in [2.75, 3.05) is 118 Å². The molecule has 6 aromatic rings. The molecule has 0 aromatic heterocycles. The number of allylic oxidation sites excluding steroid dienone is 6. The van der Waals surface area contributed by atoms with Crippen LogP contribution in [0.3, 0.4) is 0 Å². The molecule has 0 saturated heterocycles. The fourth-order valence-corrected chi connectivity index (χ4v) is 16.4. The molecule has 3 heterocycles. The number of phenols is 1. The summed E-state index contributed by atoms with van der Waals surface area (Å²) < 4.78 is 30.2. The van der Waals surface area contributed by atoms with Gasteiger partial charge in [0.15, 0.2) is 5.71 Å².